The number of hydrogen-bond acceptors (Lipinski definition) is 4. The summed E-state index contributed by atoms with van der Waals surface area (Å²) < 4.78 is 0. The predicted octanol–water partition coefficient (Wildman–Crippen LogP) is 3.58. The van der Waals surface area contributed by atoms with E-state index in [0.29, 0.717) is 11.5 Å². The Morgan fingerprint density at radius 2 is 1.96 bits per heavy atom. The highest BCUT2D eigenvalue weighted by Gasteiger charge is 2.02. The lowest BCUT2D eigenvalue weighted by Gasteiger charge is -2.02. The first kappa shape index (κ1) is 15.7. The van der Waals surface area contributed by atoms with Gasteiger partial charge in [-0.25, -0.2) is 9.97 Å². The van der Waals surface area contributed by atoms with Crippen molar-refractivity contribution in [3.8, 4) is 11.8 Å². The van der Waals surface area contributed by atoms with Crippen LogP contribution in [0.1, 0.15) is 34.0 Å². The summed E-state index contributed by atoms with van der Waals surface area (Å²) in [5.74, 6) is 6.93. The molecule has 0 aliphatic carbocycles. The summed E-state index contributed by atoms with van der Waals surface area (Å²) in [6.45, 7) is 3.55. The molecule has 0 saturated heterocycles. The molecule has 0 aliphatic rings. The molecule has 1 N–H and O–H groups in total. The molecule has 1 heterocycles. The van der Waals surface area contributed by atoms with Crippen molar-refractivity contribution >= 4 is 22.6 Å². The van der Waals surface area contributed by atoms with Crippen LogP contribution in [0, 0.1) is 18.8 Å². The van der Waals surface area contributed by atoms with E-state index in [0.717, 1.165) is 27.6 Å². The summed E-state index contributed by atoms with van der Waals surface area (Å²) >= 11 is 0. The second kappa shape index (κ2) is 6.51. The minimum atomic E-state index is 0.0417. The van der Waals surface area contributed by atoms with Crippen LogP contribution in [0.4, 0.5) is 5.95 Å². The Bertz CT molecular complexity index is 997. The van der Waals surface area contributed by atoms with E-state index >= 15 is 0 Å². The van der Waals surface area contributed by atoms with Crippen LogP contribution in [0.25, 0.3) is 10.9 Å². The van der Waals surface area contributed by atoms with Crippen molar-refractivity contribution in [2.75, 3.05) is 12.4 Å². The molecule has 4 heteroatoms. The highest BCUT2D eigenvalue weighted by atomic mass is 16.1. The highest BCUT2D eigenvalue weighted by molar-refractivity contribution is 5.94. The van der Waals surface area contributed by atoms with Gasteiger partial charge in [-0.2, -0.15) is 0 Å². The van der Waals surface area contributed by atoms with Gasteiger partial charge in [-0.3, -0.25) is 4.79 Å². The standard InChI is InChI=1S/C20H17N3O/c1-13-4-7-17(14(2)24)11-16(13)8-5-15-6-9-18-12-22-20(21-3)23-19(18)10-15/h4,6-7,9-12H,1-3H3,(H,21,22,23). The van der Waals surface area contributed by atoms with Gasteiger partial charge in [0.05, 0.1) is 5.52 Å². The molecule has 1 aromatic heterocycles. The second-order valence-electron chi connectivity index (χ2n) is 5.55. The Hall–Kier alpha value is -3.19. The van der Waals surface area contributed by atoms with Crippen molar-refractivity contribution in [3.63, 3.8) is 0 Å². The number of carbonyl (C=O) groups excluding carboxylic acids is 1. The van der Waals surface area contributed by atoms with E-state index in [2.05, 4.69) is 27.1 Å². The van der Waals surface area contributed by atoms with E-state index in [1.165, 1.54) is 0 Å². The van der Waals surface area contributed by atoms with E-state index in [9.17, 15) is 4.79 Å². The fourth-order valence-corrected chi connectivity index (χ4v) is 2.34. The third-order valence-corrected chi connectivity index (χ3v) is 3.79. The fourth-order valence-electron chi connectivity index (χ4n) is 2.34. The SMILES string of the molecule is CNc1ncc2ccc(C#Cc3cc(C(C)=O)ccc3C)cc2n1. The first-order valence-electron chi connectivity index (χ1n) is 7.65. The quantitative estimate of drug-likeness (QED) is 0.580. The molecule has 4 nitrogen and oxygen atoms in total. The van der Waals surface area contributed by atoms with Gasteiger partial charge in [0.25, 0.3) is 0 Å². The Morgan fingerprint density at radius 3 is 2.71 bits per heavy atom. The molecular weight excluding hydrogens is 298 g/mol. The molecule has 0 fully saturated rings. The maximum absolute atomic E-state index is 11.5. The molecule has 0 spiro atoms. The number of fused-ring (bicyclic) bond motifs is 1. The maximum atomic E-state index is 11.5. The minimum absolute atomic E-state index is 0.0417. The van der Waals surface area contributed by atoms with Crippen molar-refractivity contribution in [1.29, 1.82) is 0 Å². The van der Waals surface area contributed by atoms with Crippen molar-refractivity contribution in [2.45, 2.75) is 13.8 Å². The lowest BCUT2D eigenvalue weighted by atomic mass is 10.0. The lowest BCUT2D eigenvalue weighted by molar-refractivity contribution is 0.101. The first-order valence-corrected chi connectivity index (χ1v) is 7.65. The monoisotopic (exact) mass is 315 g/mol. The molecule has 0 aliphatic heterocycles. The first-order chi connectivity index (χ1) is 11.6. The van der Waals surface area contributed by atoms with Crippen molar-refractivity contribution < 1.29 is 4.79 Å². The molecule has 24 heavy (non-hydrogen) atoms. The third-order valence-electron chi connectivity index (χ3n) is 3.79. The van der Waals surface area contributed by atoms with Gasteiger partial charge in [-0.05, 0) is 37.6 Å². The zero-order valence-electron chi connectivity index (χ0n) is 13.8. The van der Waals surface area contributed by atoms with Gasteiger partial charge in [-0.15, -0.1) is 0 Å². The fraction of sp³-hybridized carbons (Fsp3) is 0.150. The number of ketones is 1. The van der Waals surface area contributed by atoms with E-state index in [-0.39, 0.29) is 5.78 Å². The van der Waals surface area contributed by atoms with Crippen LogP contribution in [0.5, 0.6) is 0 Å². The summed E-state index contributed by atoms with van der Waals surface area (Å²) in [6, 6.07) is 11.4. The van der Waals surface area contributed by atoms with Crippen LogP contribution < -0.4 is 5.32 Å². The summed E-state index contributed by atoms with van der Waals surface area (Å²) in [4.78, 5) is 20.1. The van der Waals surface area contributed by atoms with E-state index in [1.54, 1.807) is 20.2 Å². The zero-order chi connectivity index (χ0) is 17.1. The van der Waals surface area contributed by atoms with E-state index < -0.39 is 0 Å². The van der Waals surface area contributed by atoms with Crippen LogP contribution in [-0.4, -0.2) is 22.8 Å². The molecule has 0 radical (unpaired) electrons. The van der Waals surface area contributed by atoms with Crippen LogP contribution in [0.2, 0.25) is 0 Å². The Morgan fingerprint density at radius 1 is 1.12 bits per heavy atom. The van der Waals surface area contributed by atoms with Crippen LogP contribution in [0.15, 0.2) is 42.6 Å². The largest absolute Gasteiger partial charge is 0.357 e. The average molecular weight is 315 g/mol. The molecule has 3 rings (SSSR count). The number of anilines is 1. The number of aromatic nitrogens is 2. The highest BCUT2D eigenvalue weighted by Crippen LogP contribution is 2.15. The van der Waals surface area contributed by atoms with Crippen molar-refractivity contribution in [1.82, 2.24) is 9.97 Å². The Balaban J connectivity index is 2.00. The predicted molar refractivity (Wildman–Crippen MR) is 96.2 cm³/mol. The van der Waals surface area contributed by atoms with Gasteiger partial charge in [0.15, 0.2) is 5.78 Å². The minimum Gasteiger partial charge on any atom is -0.357 e. The topological polar surface area (TPSA) is 54.9 Å². The van der Waals surface area contributed by atoms with Gasteiger partial charge in [0, 0.05) is 35.3 Å². The van der Waals surface area contributed by atoms with Gasteiger partial charge in [0.2, 0.25) is 5.95 Å². The van der Waals surface area contributed by atoms with Crippen LogP contribution in [-0.2, 0) is 0 Å². The lowest BCUT2D eigenvalue weighted by Crippen LogP contribution is -1.95. The Labute approximate surface area is 141 Å². The number of rotatable bonds is 2. The van der Waals surface area contributed by atoms with E-state index in [1.807, 2.05) is 43.3 Å². The molecule has 0 bridgehead atoms. The van der Waals surface area contributed by atoms with Crippen molar-refractivity contribution in [2.24, 2.45) is 0 Å². The van der Waals surface area contributed by atoms with Gasteiger partial charge >= 0.3 is 0 Å². The smallest absolute Gasteiger partial charge is 0.222 e. The number of Topliss-reactive ketones (excluding diaryl/α,β-unsaturated/α-hetero) is 1. The van der Waals surface area contributed by atoms with Crippen molar-refractivity contribution in [3.05, 3.63) is 64.8 Å². The van der Waals surface area contributed by atoms with Gasteiger partial charge < -0.3 is 5.32 Å². The molecule has 0 amide bonds. The summed E-state index contributed by atoms with van der Waals surface area (Å²) in [7, 11) is 1.79. The van der Waals surface area contributed by atoms with Crippen LogP contribution in [0.3, 0.4) is 0 Å². The normalized spacial score (nSPS) is 10.1. The number of benzene rings is 2. The summed E-state index contributed by atoms with van der Waals surface area (Å²) in [5, 5.41) is 3.90. The molecular formula is C20H17N3O. The molecule has 3 aromatic rings. The Kier molecular flexibility index (Phi) is 4.26. The zero-order valence-corrected chi connectivity index (χ0v) is 13.8. The molecule has 2 aromatic carbocycles. The van der Waals surface area contributed by atoms with Gasteiger partial charge in [-0.1, -0.05) is 30.0 Å². The average Bonchev–Trinajstić information content (AvgIpc) is 2.60. The molecule has 118 valence electrons. The number of carbonyl (C=O) groups is 1. The molecule has 0 unspecified atom stereocenters. The number of nitrogens with one attached hydrogen (secondary N) is 1. The maximum Gasteiger partial charge on any atom is 0.222 e. The summed E-state index contributed by atoms with van der Waals surface area (Å²) in [6.07, 6.45) is 1.78. The number of aryl methyl sites for hydroxylation is 1. The molecule has 0 saturated carbocycles. The number of nitrogens with zero attached hydrogens (tertiary/aromatic N) is 2. The number of hydrogen-bond donors (Lipinski definition) is 1. The van der Waals surface area contributed by atoms with Gasteiger partial charge in [0.1, 0.15) is 0 Å². The summed E-state index contributed by atoms with van der Waals surface area (Å²) in [5.41, 5.74) is 4.30. The van der Waals surface area contributed by atoms with Crippen LogP contribution >= 0.6 is 0 Å². The molecule has 0 atom stereocenters. The van der Waals surface area contributed by atoms with E-state index in [4.69, 9.17) is 0 Å². The second-order valence-corrected chi connectivity index (χ2v) is 5.55. The third kappa shape index (κ3) is 3.26.